The summed E-state index contributed by atoms with van der Waals surface area (Å²) in [5.74, 6) is -2.00. The van der Waals surface area contributed by atoms with Gasteiger partial charge in [0.1, 0.15) is 98.7 Å². The number of rotatable bonds is 57. The molecule has 2 heterocycles. The summed E-state index contributed by atoms with van der Waals surface area (Å²) in [6.45, 7) is 3.42. The van der Waals surface area contributed by atoms with Gasteiger partial charge in [-0.3, -0.25) is 23.4 Å². The number of unbranched alkanes of at least 4 members (excludes halogenated alkanes) is 34. The Hall–Kier alpha value is -2.30. The molecule has 0 amide bonds. The number of hydrogen-bond acceptors (Lipinski definition) is 23. The van der Waals surface area contributed by atoms with E-state index in [9.17, 15) is 74.9 Å². The maximum atomic E-state index is 14.3. The van der Waals surface area contributed by atoms with Gasteiger partial charge in [0.05, 0.1) is 13.2 Å². The van der Waals surface area contributed by atoms with Gasteiger partial charge in [0.2, 0.25) is 0 Å². The second kappa shape index (κ2) is 52.6. The fourth-order valence-corrected chi connectivity index (χ4v) is 13.2. The number of phosphoric ester groups is 1. The third-order valence-electron chi connectivity index (χ3n) is 18.3. The molecule has 11 N–H and O–H groups in total. The van der Waals surface area contributed by atoms with Crippen LogP contribution in [0.15, 0.2) is 12.2 Å². The molecule has 558 valence electrons. The Morgan fingerprint density at radius 1 is 0.400 bits per heavy atom. The molecule has 3 aliphatic rings. The Kier molecular flexibility index (Phi) is 48.2. The van der Waals surface area contributed by atoms with E-state index in [-0.39, 0.29) is 19.3 Å². The topological polar surface area (TPSA) is 374 Å². The predicted octanol–water partition coefficient (Wildman–Crippen LogP) is 9.57. The van der Waals surface area contributed by atoms with Crippen molar-refractivity contribution in [1.29, 1.82) is 0 Å². The Labute approximate surface area is 567 Å². The standard InChI is InChI=1S/C70H129O24P/c1-4-7-10-13-16-19-22-24-25-26-28-31-34-37-40-43-46-56(74)89-51(48-86-54(72)44-41-38-35-32-29-21-18-15-12-9-6-3)49-88-95(84,85)94-68-66(92-69-64(82)59(77)57(75)52(47-71)90-69)62(80)61(79)63(81)67(68)93-70-65(83)60(78)58(76)53(91-70)50-87-55(73)45-42-39-36-33-30-27-23-20-17-14-11-8-5-2/h27,30,51-53,57-71,75-83H,4-26,28-29,31-50H2,1-3H3,(H,84,85)/b30-27-. The average molecular weight is 1390 g/mol. The van der Waals surface area contributed by atoms with E-state index in [1.54, 1.807) is 0 Å². The second-order valence-corrected chi connectivity index (χ2v) is 28.1. The Morgan fingerprint density at radius 2 is 0.737 bits per heavy atom. The van der Waals surface area contributed by atoms with Crippen molar-refractivity contribution in [1.82, 2.24) is 0 Å². The first-order valence-corrected chi connectivity index (χ1v) is 38.5. The molecule has 0 radical (unpaired) electrons. The number of hydrogen-bond donors (Lipinski definition) is 11. The Balaban J connectivity index is 1.74. The highest BCUT2D eigenvalue weighted by Crippen LogP contribution is 2.49. The lowest BCUT2D eigenvalue weighted by atomic mass is 9.84. The van der Waals surface area contributed by atoms with E-state index in [4.69, 9.17) is 42.2 Å². The number of carbonyl (C=O) groups excluding carboxylic acids is 3. The number of phosphoric acid groups is 1. The zero-order valence-electron chi connectivity index (χ0n) is 58.0. The maximum absolute atomic E-state index is 14.3. The minimum atomic E-state index is -5.69. The third-order valence-corrected chi connectivity index (χ3v) is 19.3. The van der Waals surface area contributed by atoms with Crippen LogP contribution >= 0.6 is 7.82 Å². The van der Waals surface area contributed by atoms with E-state index >= 15 is 0 Å². The number of aliphatic hydroxyl groups is 10. The lowest BCUT2D eigenvalue weighted by molar-refractivity contribution is -0.360. The van der Waals surface area contributed by atoms with Crippen LogP contribution < -0.4 is 0 Å². The van der Waals surface area contributed by atoms with E-state index < -0.39 is 156 Å². The van der Waals surface area contributed by atoms with E-state index in [1.165, 1.54) is 128 Å². The largest absolute Gasteiger partial charge is 0.472 e. The normalized spacial score (nSPS) is 28.1. The van der Waals surface area contributed by atoms with Crippen LogP contribution in [0.1, 0.15) is 284 Å². The lowest BCUT2D eigenvalue weighted by Crippen LogP contribution is -2.69. The van der Waals surface area contributed by atoms with Gasteiger partial charge in [0.25, 0.3) is 0 Å². The summed E-state index contributed by atoms with van der Waals surface area (Å²) in [4.78, 5) is 50.9. The van der Waals surface area contributed by atoms with Gasteiger partial charge in [0.15, 0.2) is 18.7 Å². The molecule has 0 aromatic rings. The molecule has 2 aliphatic heterocycles. The van der Waals surface area contributed by atoms with Crippen LogP contribution in [0.3, 0.4) is 0 Å². The molecule has 0 aromatic carbocycles. The minimum Gasteiger partial charge on any atom is -0.463 e. The van der Waals surface area contributed by atoms with Crippen LogP contribution in [0.2, 0.25) is 0 Å². The second-order valence-electron chi connectivity index (χ2n) is 26.7. The zero-order chi connectivity index (χ0) is 69.6. The van der Waals surface area contributed by atoms with E-state index in [0.29, 0.717) is 19.3 Å². The molecule has 95 heavy (non-hydrogen) atoms. The molecule has 1 aliphatic carbocycles. The van der Waals surface area contributed by atoms with Gasteiger partial charge in [0, 0.05) is 19.3 Å². The van der Waals surface area contributed by atoms with Gasteiger partial charge in [-0.25, -0.2) is 4.57 Å². The van der Waals surface area contributed by atoms with Crippen LogP contribution in [0.5, 0.6) is 0 Å². The van der Waals surface area contributed by atoms with Gasteiger partial charge in [-0.2, -0.15) is 0 Å². The smallest absolute Gasteiger partial charge is 0.463 e. The van der Waals surface area contributed by atoms with Crippen molar-refractivity contribution >= 4 is 25.7 Å². The van der Waals surface area contributed by atoms with Crippen LogP contribution in [-0.2, 0) is 61.2 Å². The molecule has 2 saturated heterocycles. The van der Waals surface area contributed by atoms with Crippen LogP contribution in [0, 0.1) is 0 Å². The fraction of sp³-hybridized carbons (Fsp3) is 0.929. The average Bonchev–Trinajstić information content (AvgIpc) is 0.764. The quantitative estimate of drug-likeness (QED) is 0.00887. The highest BCUT2D eigenvalue weighted by molar-refractivity contribution is 7.47. The molecule has 0 bridgehead atoms. The van der Waals surface area contributed by atoms with Gasteiger partial charge in [-0.1, -0.05) is 232 Å². The molecular weight excluding hydrogens is 1260 g/mol. The van der Waals surface area contributed by atoms with E-state index in [0.717, 1.165) is 96.3 Å². The molecule has 25 heteroatoms. The number of ether oxygens (including phenoxy) is 7. The maximum Gasteiger partial charge on any atom is 0.472 e. The zero-order valence-corrected chi connectivity index (χ0v) is 58.9. The molecule has 18 atom stereocenters. The molecule has 18 unspecified atom stereocenters. The Bertz CT molecular complexity index is 2020. The van der Waals surface area contributed by atoms with Crippen molar-refractivity contribution in [2.75, 3.05) is 26.4 Å². The van der Waals surface area contributed by atoms with Gasteiger partial charge >= 0.3 is 25.7 Å². The molecular formula is C70H129O24P. The van der Waals surface area contributed by atoms with Crippen molar-refractivity contribution in [3.8, 4) is 0 Å². The van der Waals surface area contributed by atoms with Crippen LogP contribution in [0.4, 0.5) is 0 Å². The molecule has 0 spiro atoms. The monoisotopic (exact) mass is 1380 g/mol. The summed E-state index contributed by atoms with van der Waals surface area (Å²) in [5, 5.41) is 110. The van der Waals surface area contributed by atoms with E-state index in [2.05, 4.69) is 32.9 Å². The fourth-order valence-electron chi connectivity index (χ4n) is 12.2. The van der Waals surface area contributed by atoms with Crippen molar-refractivity contribution in [3.63, 3.8) is 0 Å². The molecule has 3 rings (SSSR count). The third kappa shape index (κ3) is 36.2. The first kappa shape index (κ1) is 86.9. The van der Waals surface area contributed by atoms with Crippen molar-refractivity contribution in [2.24, 2.45) is 0 Å². The number of allylic oxidation sites excluding steroid dienone is 2. The van der Waals surface area contributed by atoms with Gasteiger partial charge < -0.3 is 89.1 Å². The summed E-state index contributed by atoms with van der Waals surface area (Å²) in [5.41, 5.74) is 0. The number of esters is 3. The van der Waals surface area contributed by atoms with E-state index in [1.807, 2.05) is 0 Å². The Morgan fingerprint density at radius 3 is 1.15 bits per heavy atom. The minimum absolute atomic E-state index is 0.00933. The highest BCUT2D eigenvalue weighted by Gasteiger charge is 2.58. The predicted molar refractivity (Wildman–Crippen MR) is 356 cm³/mol. The first-order chi connectivity index (χ1) is 45.8. The lowest BCUT2D eigenvalue weighted by Gasteiger charge is -2.49. The molecule has 0 aromatic heterocycles. The molecule has 1 saturated carbocycles. The van der Waals surface area contributed by atoms with Crippen molar-refractivity contribution in [3.05, 3.63) is 12.2 Å². The summed E-state index contributed by atoms with van der Waals surface area (Å²) >= 11 is 0. The van der Waals surface area contributed by atoms with Crippen LogP contribution in [0.25, 0.3) is 0 Å². The SMILES string of the molecule is CCCCCCCC/C=C\CCCCCC(=O)OCC1OC(OC2C(O)C(O)C(O)C(OC3OC(CO)C(O)C(O)C3O)C2OP(=O)(O)OCC(COC(=O)CCCCCCCCCCCCC)OC(=O)CCCCCCCCCCCCCCCCCC)C(O)C(O)C1O. The van der Waals surface area contributed by atoms with Gasteiger partial charge in [-0.05, 0) is 44.9 Å². The molecule has 24 nitrogen and oxygen atoms in total. The summed E-state index contributed by atoms with van der Waals surface area (Å²) in [6.07, 6.45) is 10.1. The van der Waals surface area contributed by atoms with Gasteiger partial charge in [-0.15, -0.1) is 0 Å². The summed E-state index contributed by atoms with van der Waals surface area (Å²) < 4.78 is 64.9. The van der Waals surface area contributed by atoms with Crippen molar-refractivity contribution in [2.45, 2.75) is 388 Å². The number of carbonyl (C=O) groups is 3. The summed E-state index contributed by atoms with van der Waals surface area (Å²) in [7, 11) is -5.69. The highest BCUT2D eigenvalue weighted by atomic mass is 31.2. The number of aliphatic hydroxyl groups excluding tert-OH is 10. The first-order valence-electron chi connectivity index (χ1n) is 37.0. The van der Waals surface area contributed by atoms with Crippen LogP contribution in [-0.4, -0.2) is 204 Å². The summed E-state index contributed by atoms with van der Waals surface area (Å²) in [6, 6.07) is 0. The van der Waals surface area contributed by atoms with Crippen molar-refractivity contribution < 1.29 is 117 Å². The molecule has 3 fully saturated rings.